The Morgan fingerprint density at radius 1 is 0.864 bits per heavy atom. The Labute approximate surface area is 126 Å². The van der Waals surface area contributed by atoms with Crippen molar-refractivity contribution in [2.75, 3.05) is 0 Å². The molecule has 0 aliphatic heterocycles. The van der Waals surface area contributed by atoms with Crippen LogP contribution in [0.4, 0.5) is 17.1 Å². The maximum absolute atomic E-state index is 11.5. The molecule has 0 radical (unpaired) electrons. The number of hydrogen-bond acceptors (Lipinski definition) is 6. The first kappa shape index (κ1) is 17.5. The smallest absolute Gasteiger partial charge is 0.258 e. The van der Waals surface area contributed by atoms with Crippen LogP contribution in [0.5, 0.6) is 0 Å². The third kappa shape index (κ3) is 2.74. The van der Waals surface area contributed by atoms with E-state index in [1.165, 1.54) is 6.92 Å². The number of nitro groups is 3. The van der Waals surface area contributed by atoms with E-state index >= 15 is 0 Å². The fraction of sp³-hybridized carbons (Fsp3) is 0.538. The molecule has 0 fully saturated rings. The second-order valence-corrected chi connectivity index (χ2v) is 5.90. The molecule has 0 aliphatic rings. The van der Waals surface area contributed by atoms with Crippen molar-refractivity contribution in [3.8, 4) is 0 Å². The van der Waals surface area contributed by atoms with Crippen molar-refractivity contribution in [1.82, 2.24) is 0 Å². The van der Waals surface area contributed by atoms with Gasteiger partial charge in [-0.2, -0.15) is 0 Å². The van der Waals surface area contributed by atoms with Gasteiger partial charge in [-0.1, -0.05) is 27.7 Å². The molecule has 0 bridgehead atoms. The summed E-state index contributed by atoms with van der Waals surface area (Å²) in [6.07, 6.45) is 0.0363. The fourth-order valence-electron chi connectivity index (χ4n) is 2.62. The predicted octanol–water partition coefficient (Wildman–Crippen LogP) is 3.58. The predicted molar refractivity (Wildman–Crippen MR) is 79.2 cm³/mol. The second-order valence-electron chi connectivity index (χ2n) is 5.90. The summed E-state index contributed by atoms with van der Waals surface area (Å²) in [6, 6.07) is 0. The number of benzene rings is 1. The van der Waals surface area contributed by atoms with E-state index in [2.05, 4.69) is 0 Å². The molecule has 0 amide bonds. The lowest BCUT2D eigenvalue weighted by atomic mass is 9.81. The molecule has 1 rings (SSSR count). The van der Waals surface area contributed by atoms with Crippen LogP contribution in [-0.2, 0) is 11.8 Å². The normalized spacial score (nSPS) is 11.3. The molecule has 0 N–H and O–H groups in total. The van der Waals surface area contributed by atoms with Gasteiger partial charge in [0.25, 0.3) is 17.1 Å². The SMILES string of the molecule is CCc1c([N+](=O)[O-])c(C)c([N+](=O)[O-])c(C(C)(C)C)c1[N+](=O)[O-]. The average Bonchev–Trinajstić information content (AvgIpc) is 2.34. The van der Waals surface area contributed by atoms with Crippen molar-refractivity contribution < 1.29 is 14.8 Å². The summed E-state index contributed by atoms with van der Waals surface area (Å²) < 4.78 is 0. The van der Waals surface area contributed by atoms with Gasteiger partial charge in [-0.25, -0.2) is 0 Å². The van der Waals surface area contributed by atoms with Gasteiger partial charge in [0.2, 0.25) is 0 Å². The molecule has 22 heavy (non-hydrogen) atoms. The van der Waals surface area contributed by atoms with Gasteiger partial charge in [0.15, 0.2) is 0 Å². The maximum atomic E-state index is 11.5. The van der Waals surface area contributed by atoms with Crippen LogP contribution in [0, 0.1) is 37.3 Å². The van der Waals surface area contributed by atoms with Crippen LogP contribution in [0.2, 0.25) is 0 Å². The van der Waals surface area contributed by atoms with Crippen molar-refractivity contribution in [3.05, 3.63) is 47.0 Å². The van der Waals surface area contributed by atoms with Crippen LogP contribution < -0.4 is 0 Å². The molecule has 0 aliphatic carbocycles. The van der Waals surface area contributed by atoms with Gasteiger partial charge < -0.3 is 0 Å². The molecular formula is C13H17N3O6. The molecule has 1 aromatic rings. The zero-order chi connectivity index (χ0) is 17.4. The Kier molecular flexibility index (Phi) is 4.50. The Bertz CT molecular complexity index is 676. The van der Waals surface area contributed by atoms with E-state index in [9.17, 15) is 30.3 Å². The van der Waals surface area contributed by atoms with Crippen LogP contribution >= 0.6 is 0 Å². The van der Waals surface area contributed by atoms with E-state index in [0.717, 1.165) is 0 Å². The van der Waals surface area contributed by atoms with Crippen LogP contribution in [0.15, 0.2) is 0 Å². The third-order valence-electron chi connectivity index (χ3n) is 3.41. The van der Waals surface area contributed by atoms with Crippen LogP contribution in [-0.4, -0.2) is 14.8 Å². The van der Waals surface area contributed by atoms with E-state index < -0.39 is 37.2 Å². The highest BCUT2D eigenvalue weighted by atomic mass is 16.6. The Balaban J connectivity index is 4.23. The first-order chi connectivity index (χ1) is 9.95. The lowest BCUT2D eigenvalue weighted by Gasteiger charge is -2.21. The maximum Gasteiger partial charge on any atom is 0.290 e. The molecule has 9 heteroatoms. The van der Waals surface area contributed by atoms with Crippen LogP contribution in [0.25, 0.3) is 0 Å². The third-order valence-corrected chi connectivity index (χ3v) is 3.41. The molecule has 0 spiro atoms. The summed E-state index contributed by atoms with van der Waals surface area (Å²) in [5, 5.41) is 34.1. The van der Waals surface area contributed by atoms with Crippen molar-refractivity contribution in [3.63, 3.8) is 0 Å². The Morgan fingerprint density at radius 2 is 1.27 bits per heavy atom. The van der Waals surface area contributed by atoms with Gasteiger partial charge in [-0.05, 0) is 13.3 Å². The second kappa shape index (κ2) is 5.66. The number of nitro benzene ring substituents is 3. The van der Waals surface area contributed by atoms with E-state index in [1.807, 2.05) is 0 Å². The van der Waals surface area contributed by atoms with E-state index in [4.69, 9.17) is 0 Å². The van der Waals surface area contributed by atoms with Gasteiger partial charge in [0.05, 0.1) is 14.8 Å². The molecule has 1 aromatic carbocycles. The molecule has 0 saturated heterocycles. The standard InChI is InChI=1S/C13H17N3O6/c1-6-8-10(14(17)18)7(2)11(15(19)20)9(13(3,4)5)12(8)16(21)22/h6H2,1-5H3. The van der Waals surface area contributed by atoms with Crippen molar-refractivity contribution in [1.29, 1.82) is 0 Å². The average molecular weight is 311 g/mol. The van der Waals surface area contributed by atoms with Crippen molar-refractivity contribution >= 4 is 17.1 Å². The molecule has 0 atom stereocenters. The minimum absolute atomic E-state index is 0.0363. The van der Waals surface area contributed by atoms with Crippen LogP contribution in [0.1, 0.15) is 44.4 Å². The summed E-state index contributed by atoms with van der Waals surface area (Å²) in [5.41, 5.74) is -2.85. The molecule has 120 valence electrons. The van der Waals surface area contributed by atoms with Gasteiger partial charge in [0.1, 0.15) is 16.7 Å². The largest absolute Gasteiger partial charge is 0.290 e. The van der Waals surface area contributed by atoms with E-state index in [-0.39, 0.29) is 23.1 Å². The Morgan fingerprint density at radius 3 is 1.55 bits per heavy atom. The van der Waals surface area contributed by atoms with Gasteiger partial charge >= 0.3 is 0 Å². The minimum Gasteiger partial charge on any atom is -0.258 e. The van der Waals surface area contributed by atoms with Gasteiger partial charge in [-0.3, -0.25) is 30.3 Å². The molecule has 0 saturated carbocycles. The number of hydrogen-bond donors (Lipinski definition) is 0. The molecule has 0 unspecified atom stereocenters. The topological polar surface area (TPSA) is 129 Å². The zero-order valence-corrected chi connectivity index (χ0v) is 13.0. The van der Waals surface area contributed by atoms with Crippen LogP contribution in [0.3, 0.4) is 0 Å². The molecule has 0 heterocycles. The van der Waals surface area contributed by atoms with E-state index in [1.54, 1.807) is 27.7 Å². The number of nitrogens with zero attached hydrogens (tertiary/aromatic N) is 3. The first-order valence-electron chi connectivity index (χ1n) is 6.58. The zero-order valence-electron chi connectivity index (χ0n) is 13.0. The quantitative estimate of drug-likeness (QED) is 0.617. The van der Waals surface area contributed by atoms with Crippen molar-refractivity contribution in [2.45, 2.75) is 46.5 Å². The first-order valence-corrected chi connectivity index (χ1v) is 6.58. The van der Waals surface area contributed by atoms with Gasteiger partial charge in [0, 0.05) is 5.41 Å². The molecule has 9 nitrogen and oxygen atoms in total. The highest BCUT2D eigenvalue weighted by molar-refractivity contribution is 5.73. The fourth-order valence-corrected chi connectivity index (χ4v) is 2.62. The lowest BCUT2D eigenvalue weighted by Crippen LogP contribution is -2.20. The van der Waals surface area contributed by atoms with Crippen molar-refractivity contribution in [2.24, 2.45) is 0 Å². The highest BCUT2D eigenvalue weighted by Gasteiger charge is 2.43. The minimum atomic E-state index is -0.908. The summed E-state index contributed by atoms with van der Waals surface area (Å²) in [4.78, 5) is 31.8. The summed E-state index contributed by atoms with van der Waals surface area (Å²) in [5.74, 6) is 0. The Hall–Kier alpha value is -2.58. The molecule has 0 aromatic heterocycles. The van der Waals surface area contributed by atoms with Gasteiger partial charge in [-0.15, -0.1) is 0 Å². The summed E-state index contributed by atoms with van der Waals surface area (Å²) in [7, 11) is 0. The monoisotopic (exact) mass is 311 g/mol. The highest BCUT2D eigenvalue weighted by Crippen LogP contribution is 2.47. The molecular weight excluding hydrogens is 294 g/mol. The summed E-state index contributed by atoms with van der Waals surface area (Å²) in [6.45, 7) is 7.62. The lowest BCUT2D eigenvalue weighted by molar-refractivity contribution is -0.406. The van der Waals surface area contributed by atoms with E-state index in [0.29, 0.717) is 0 Å². The number of rotatable bonds is 4. The summed E-state index contributed by atoms with van der Waals surface area (Å²) >= 11 is 0.